The van der Waals surface area contributed by atoms with Crippen LogP contribution in [0.15, 0.2) is 12.2 Å². The van der Waals surface area contributed by atoms with Crippen molar-refractivity contribution < 1.29 is 22.8 Å². The van der Waals surface area contributed by atoms with Crippen LogP contribution in [0.25, 0.3) is 0 Å². The zero-order valence-electron chi connectivity index (χ0n) is 10.5. The molecule has 0 aromatic rings. The van der Waals surface area contributed by atoms with Crippen LogP contribution in [0, 0.1) is 0 Å². The first-order chi connectivity index (χ1) is 7.60. The molecule has 0 aliphatic carbocycles. The number of carbonyl (C=O) groups is 1. The van der Waals surface area contributed by atoms with Crippen molar-refractivity contribution in [2.24, 2.45) is 0 Å². The van der Waals surface area contributed by atoms with Gasteiger partial charge in [-0.2, -0.15) is 0 Å². The van der Waals surface area contributed by atoms with Crippen LogP contribution in [0.1, 0.15) is 20.3 Å². The van der Waals surface area contributed by atoms with Crippen molar-refractivity contribution in [3.8, 4) is 0 Å². The zero-order chi connectivity index (χ0) is 12.6. The standard InChI is InChI=1S/C10H20O5Si/c1-6-8-9(11)15-10(7-2)16(12-3,13-4)14-5/h6,8,10H,7H2,1-5H3/b8-6+. The van der Waals surface area contributed by atoms with Gasteiger partial charge in [0.1, 0.15) is 0 Å². The second-order valence-corrected chi connectivity index (χ2v) is 6.13. The Morgan fingerprint density at radius 1 is 1.25 bits per heavy atom. The Bertz CT molecular complexity index is 229. The Hall–Kier alpha value is -0.693. The summed E-state index contributed by atoms with van der Waals surface area (Å²) < 4.78 is 21.0. The van der Waals surface area contributed by atoms with Crippen molar-refractivity contribution in [1.29, 1.82) is 0 Å². The van der Waals surface area contributed by atoms with Gasteiger partial charge in [-0.25, -0.2) is 4.79 Å². The molecule has 0 fully saturated rings. The van der Waals surface area contributed by atoms with E-state index < -0.39 is 20.5 Å². The Balaban J connectivity index is 4.74. The molecular formula is C10H20O5Si. The van der Waals surface area contributed by atoms with E-state index in [4.69, 9.17) is 18.0 Å². The van der Waals surface area contributed by atoms with Crippen LogP contribution in [-0.4, -0.2) is 41.8 Å². The number of hydrogen-bond acceptors (Lipinski definition) is 5. The van der Waals surface area contributed by atoms with Crippen LogP contribution in [0.5, 0.6) is 0 Å². The fourth-order valence-corrected chi connectivity index (χ4v) is 3.41. The molecule has 0 radical (unpaired) electrons. The van der Waals surface area contributed by atoms with Gasteiger partial charge < -0.3 is 18.0 Å². The average molecular weight is 248 g/mol. The second kappa shape index (κ2) is 7.56. The molecule has 0 bridgehead atoms. The molecule has 0 spiro atoms. The smallest absolute Gasteiger partial charge is 0.455 e. The lowest BCUT2D eigenvalue weighted by Crippen LogP contribution is -2.55. The molecule has 0 rings (SSSR count). The molecule has 0 aromatic carbocycles. The first-order valence-electron chi connectivity index (χ1n) is 5.08. The Morgan fingerprint density at radius 3 is 2.06 bits per heavy atom. The van der Waals surface area contributed by atoms with Gasteiger partial charge >= 0.3 is 14.8 Å². The average Bonchev–Trinajstić information content (AvgIpc) is 2.30. The molecule has 5 nitrogen and oxygen atoms in total. The Morgan fingerprint density at radius 2 is 1.75 bits per heavy atom. The Kier molecular flexibility index (Phi) is 7.23. The maximum absolute atomic E-state index is 11.4. The molecule has 0 aliphatic heterocycles. The van der Waals surface area contributed by atoms with Gasteiger partial charge in [-0.05, 0) is 13.3 Å². The number of rotatable bonds is 7. The van der Waals surface area contributed by atoms with Crippen molar-refractivity contribution in [3.63, 3.8) is 0 Å². The zero-order valence-corrected chi connectivity index (χ0v) is 11.5. The van der Waals surface area contributed by atoms with E-state index in [1.807, 2.05) is 6.92 Å². The van der Waals surface area contributed by atoms with E-state index in [-0.39, 0.29) is 0 Å². The molecule has 0 N–H and O–H groups in total. The van der Waals surface area contributed by atoms with E-state index in [9.17, 15) is 4.79 Å². The number of hydrogen-bond donors (Lipinski definition) is 0. The van der Waals surface area contributed by atoms with Crippen molar-refractivity contribution in [2.45, 2.75) is 26.0 Å². The summed E-state index contributed by atoms with van der Waals surface area (Å²) >= 11 is 0. The van der Waals surface area contributed by atoms with Crippen molar-refractivity contribution >= 4 is 14.8 Å². The minimum Gasteiger partial charge on any atom is -0.455 e. The maximum Gasteiger partial charge on any atom is 0.543 e. The summed E-state index contributed by atoms with van der Waals surface area (Å²) in [5, 5.41) is 0. The highest BCUT2D eigenvalue weighted by Crippen LogP contribution is 2.18. The van der Waals surface area contributed by atoms with Crippen LogP contribution >= 0.6 is 0 Å². The quantitative estimate of drug-likeness (QED) is 0.386. The minimum absolute atomic E-state index is 0.419. The van der Waals surface area contributed by atoms with Gasteiger partial charge in [-0.1, -0.05) is 13.0 Å². The molecule has 1 unspecified atom stereocenters. The summed E-state index contributed by atoms with van der Waals surface area (Å²) in [5.41, 5.74) is -0.490. The van der Waals surface area contributed by atoms with Crippen LogP contribution in [0.2, 0.25) is 0 Å². The number of esters is 1. The fourth-order valence-electron chi connectivity index (χ4n) is 1.37. The van der Waals surface area contributed by atoms with E-state index in [0.29, 0.717) is 6.42 Å². The van der Waals surface area contributed by atoms with E-state index in [2.05, 4.69) is 0 Å². The molecule has 6 heteroatoms. The number of allylic oxidation sites excluding steroid dienone is 1. The third kappa shape index (κ3) is 3.71. The fraction of sp³-hybridized carbons (Fsp3) is 0.700. The van der Waals surface area contributed by atoms with E-state index in [1.165, 1.54) is 27.4 Å². The van der Waals surface area contributed by atoms with Gasteiger partial charge in [0.05, 0.1) is 0 Å². The highest BCUT2D eigenvalue weighted by atomic mass is 28.4. The summed E-state index contributed by atoms with van der Waals surface area (Å²) in [6.07, 6.45) is 3.54. The van der Waals surface area contributed by atoms with E-state index >= 15 is 0 Å². The van der Waals surface area contributed by atoms with Gasteiger partial charge in [-0.3, -0.25) is 0 Å². The number of ether oxygens (including phenoxy) is 1. The lowest BCUT2D eigenvalue weighted by molar-refractivity contribution is -0.142. The molecule has 16 heavy (non-hydrogen) atoms. The predicted molar refractivity (Wildman–Crippen MR) is 61.8 cm³/mol. The van der Waals surface area contributed by atoms with E-state index in [1.54, 1.807) is 13.0 Å². The van der Waals surface area contributed by atoms with Crippen LogP contribution < -0.4 is 0 Å². The molecular weight excluding hydrogens is 228 g/mol. The molecule has 0 aliphatic rings. The topological polar surface area (TPSA) is 54.0 Å². The minimum atomic E-state index is -2.92. The molecule has 94 valence electrons. The summed E-state index contributed by atoms with van der Waals surface area (Å²) in [4.78, 5) is 11.4. The molecule has 0 aromatic heterocycles. The van der Waals surface area contributed by atoms with Crippen molar-refractivity contribution in [2.75, 3.05) is 21.3 Å². The van der Waals surface area contributed by atoms with Gasteiger partial charge in [0, 0.05) is 27.4 Å². The summed E-state index contributed by atoms with van der Waals surface area (Å²) in [6.45, 7) is 3.63. The summed E-state index contributed by atoms with van der Waals surface area (Å²) in [5.74, 6) is -0.419. The third-order valence-electron chi connectivity index (χ3n) is 2.18. The first-order valence-corrected chi connectivity index (χ1v) is 6.89. The lowest BCUT2D eigenvalue weighted by Gasteiger charge is -2.30. The number of carbonyl (C=O) groups excluding carboxylic acids is 1. The monoisotopic (exact) mass is 248 g/mol. The van der Waals surface area contributed by atoms with Crippen molar-refractivity contribution in [3.05, 3.63) is 12.2 Å². The molecule has 1 atom stereocenters. The van der Waals surface area contributed by atoms with E-state index in [0.717, 1.165) is 0 Å². The largest absolute Gasteiger partial charge is 0.543 e. The normalized spacial score (nSPS) is 14.1. The van der Waals surface area contributed by atoms with Gasteiger partial charge in [0.2, 0.25) is 0 Å². The van der Waals surface area contributed by atoms with Crippen LogP contribution in [0.4, 0.5) is 0 Å². The van der Waals surface area contributed by atoms with Gasteiger partial charge in [0.15, 0.2) is 5.73 Å². The molecule has 0 heterocycles. The van der Waals surface area contributed by atoms with Crippen molar-refractivity contribution in [1.82, 2.24) is 0 Å². The second-order valence-electron chi connectivity index (χ2n) is 3.05. The first kappa shape index (κ1) is 15.3. The van der Waals surface area contributed by atoms with Crippen LogP contribution in [-0.2, 0) is 22.8 Å². The molecule has 0 saturated heterocycles. The van der Waals surface area contributed by atoms with Gasteiger partial charge in [0.25, 0.3) is 0 Å². The summed E-state index contributed by atoms with van der Waals surface area (Å²) in [7, 11) is 1.56. The highest BCUT2D eigenvalue weighted by Gasteiger charge is 2.49. The lowest BCUT2D eigenvalue weighted by atomic mass is 10.5. The predicted octanol–water partition coefficient (Wildman–Crippen LogP) is 1.30. The SMILES string of the molecule is C/C=C/C(=O)OC(CC)[Si](OC)(OC)OC. The maximum atomic E-state index is 11.4. The van der Waals surface area contributed by atoms with Crippen LogP contribution in [0.3, 0.4) is 0 Å². The van der Waals surface area contributed by atoms with Gasteiger partial charge in [-0.15, -0.1) is 0 Å². The highest BCUT2D eigenvalue weighted by molar-refractivity contribution is 6.62. The molecule has 0 amide bonds. The Labute approximate surface area is 97.7 Å². The molecule has 0 saturated carbocycles. The third-order valence-corrected chi connectivity index (χ3v) is 5.20. The summed E-state index contributed by atoms with van der Waals surface area (Å²) in [6, 6.07) is 0.